The second-order valence-electron chi connectivity index (χ2n) is 5.33. The van der Waals surface area contributed by atoms with E-state index in [-0.39, 0.29) is 34.0 Å². The van der Waals surface area contributed by atoms with Crippen LogP contribution in [-0.4, -0.2) is 35.5 Å². The summed E-state index contributed by atoms with van der Waals surface area (Å²) in [6, 6.07) is 3.28. The second-order valence-corrected chi connectivity index (χ2v) is 6.15. The van der Waals surface area contributed by atoms with Gasteiger partial charge in [-0.25, -0.2) is 4.79 Å². The molecule has 0 aromatic heterocycles. The molecule has 1 aliphatic carbocycles. The third-order valence-corrected chi connectivity index (χ3v) is 4.38. The number of amides is 2. The van der Waals surface area contributed by atoms with Crippen LogP contribution in [0.1, 0.15) is 29.6 Å². The third-order valence-electron chi connectivity index (χ3n) is 3.75. The van der Waals surface area contributed by atoms with Crippen LogP contribution in [0.25, 0.3) is 0 Å². The van der Waals surface area contributed by atoms with Crippen LogP contribution in [0.5, 0.6) is 0 Å². The maximum atomic E-state index is 12.2. The molecule has 3 N–H and O–H groups in total. The van der Waals surface area contributed by atoms with Crippen molar-refractivity contribution in [1.82, 2.24) is 10.6 Å². The van der Waals surface area contributed by atoms with Gasteiger partial charge in [-0.1, -0.05) is 35.7 Å². The van der Waals surface area contributed by atoms with Crippen LogP contribution >= 0.6 is 23.2 Å². The number of carboxylic acids is 1. The number of rotatable bonds is 6. The minimum absolute atomic E-state index is 0.00685. The molecule has 1 aliphatic rings. The van der Waals surface area contributed by atoms with Crippen LogP contribution in [0, 0.1) is 5.92 Å². The van der Waals surface area contributed by atoms with Crippen LogP contribution in [0.2, 0.25) is 10.0 Å². The summed E-state index contributed by atoms with van der Waals surface area (Å²) in [7, 11) is 0. The van der Waals surface area contributed by atoms with Gasteiger partial charge in [-0.15, -0.1) is 0 Å². The SMILES string of the molecule is O=C(N[C@@H](CNC(=O)C1CCC1)C(=O)O)c1c(Cl)cccc1Cl. The lowest BCUT2D eigenvalue weighted by Crippen LogP contribution is -2.49. The van der Waals surface area contributed by atoms with Gasteiger partial charge in [0, 0.05) is 12.5 Å². The molecule has 6 nitrogen and oxygen atoms in total. The summed E-state index contributed by atoms with van der Waals surface area (Å²) in [6.45, 7) is -0.196. The van der Waals surface area contributed by atoms with Gasteiger partial charge in [0.2, 0.25) is 5.91 Å². The van der Waals surface area contributed by atoms with Gasteiger partial charge >= 0.3 is 5.97 Å². The molecule has 1 aromatic rings. The number of carboxylic acid groups (broad SMARTS) is 1. The summed E-state index contributed by atoms with van der Waals surface area (Å²) in [6.07, 6.45) is 2.62. The first kappa shape index (κ1) is 17.6. The molecular weight excluding hydrogens is 343 g/mol. The first-order valence-corrected chi connectivity index (χ1v) is 7.91. The monoisotopic (exact) mass is 358 g/mol. The van der Waals surface area contributed by atoms with Crippen LogP contribution < -0.4 is 10.6 Å². The number of aliphatic carboxylic acids is 1. The van der Waals surface area contributed by atoms with Crippen molar-refractivity contribution in [2.45, 2.75) is 25.3 Å². The number of carbonyl (C=O) groups is 3. The van der Waals surface area contributed by atoms with Crippen LogP contribution in [0.3, 0.4) is 0 Å². The van der Waals surface area contributed by atoms with Gasteiger partial charge < -0.3 is 15.7 Å². The van der Waals surface area contributed by atoms with E-state index in [4.69, 9.17) is 23.2 Å². The highest BCUT2D eigenvalue weighted by atomic mass is 35.5. The lowest BCUT2D eigenvalue weighted by Gasteiger charge is -2.25. The quantitative estimate of drug-likeness (QED) is 0.725. The maximum absolute atomic E-state index is 12.2. The van der Waals surface area contributed by atoms with Gasteiger partial charge in [-0.05, 0) is 25.0 Å². The van der Waals surface area contributed by atoms with E-state index in [1.165, 1.54) is 12.1 Å². The van der Waals surface area contributed by atoms with Gasteiger partial charge in [-0.3, -0.25) is 9.59 Å². The summed E-state index contributed by atoms with van der Waals surface area (Å²) >= 11 is 11.8. The van der Waals surface area contributed by atoms with E-state index in [0.29, 0.717) is 0 Å². The fourth-order valence-corrected chi connectivity index (χ4v) is 2.73. The summed E-state index contributed by atoms with van der Waals surface area (Å²) in [5.41, 5.74) is 0.00685. The Balaban J connectivity index is 1.99. The number of halogens is 2. The van der Waals surface area contributed by atoms with Crippen molar-refractivity contribution in [2.24, 2.45) is 5.92 Å². The highest BCUT2D eigenvalue weighted by molar-refractivity contribution is 6.39. The zero-order valence-corrected chi connectivity index (χ0v) is 13.7. The van der Waals surface area contributed by atoms with Crippen molar-refractivity contribution in [3.63, 3.8) is 0 Å². The molecule has 0 radical (unpaired) electrons. The van der Waals surface area contributed by atoms with Crippen molar-refractivity contribution in [3.8, 4) is 0 Å². The van der Waals surface area contributed by atoms with E-state index in [2.05, 4.69) is 10.6 Å². The van der Waals surface area contributed by atoms with Crippen LogP contribution in [0.15, 0.2) is 18.2 Å². The van der Waals surface area contributed by atoms with E-state index in [0.717, 1.165) is 19.3 Å². The average Bonchev–Trinajstić information content (AvgIpc) is 2.40. The molecule has 23 heavy (non-hydrogen) atoms. The number of hydrogen-bond donors (Lipinski definition) is 3. The molecule has 0 spiro atoms. The van der Waals surface area contributed by atoms with E-state index in [1.54, 1.807) is 6.07 Å². The lowest BCUT2D eigenvalue weighted by atomic mass is 9.85. The molecule has 1 aromatic carbocycles. The Hall–Kier alpha value is -1.79. The summed E-state index contributed by atoms with van der Waals surface area (Å²) < 4.78 is 0. The molecule has 1 atom stereocenters. The van der Waals surface area contributed by atoms with Crippen LogP contribution in [-0.2, 0) is 9.59 Å². The second kappa shape index (κ2) is 7.66. The molecule has 2 amide bonds. The summed E-state index contributed by atoms with van der Waals surface area (Å²) in [4.78, 5) is 35.2. The molecular formula is C15H16Cl2N2O4. The van der Waals surface area contributed by atoms with Crippen molar-refractivity contribution in [3.05, 3.63) is 33.8 Å². The van der Waals surface area contributed by atoms with E-state index in [9.17, 15) is 19.5 Å². The maximum Gasteiger partial charge on any atom is 0.328 e. The van der Waals surface area contributed by atoms with Gasteiger partial charge in [0.25, 0.3) is 5.91 Å². The Labute approximate surface area is 143 Å². The fraction of sp³-hybridized carbons (Fsp3) is 0.400. The highest BCUT2D eigenvalue weighted by Crippen LogP contribution is 2.26. The van der Waals surface area contributed by atoms with E-state index in [1.807, 2.05) is 0 Å². The molecule has 1 fully saturated rings. The zero-order valence-electron chi connectivity index (χ0n) is 12.1. The van der Waals surface area contributed by atoms with Crippen molar-refractivity contribution >= 4 is 41.0 Å². The molecule has 1 saturated carbocycles. The predicted molar refractivity (Wildman–Crippen MR) is 85.7 cm³/mol. The highest BCUT2D eigenvalue weighted by Gasteiger charge is 2.28. The Bertz CT molecular complexity index is 612. The standard InChI is InChI=1S/C15H16Cl2N2O4/c16-9-5-2-6-10(17)12(9)14(21)19-11(15(22)23)7-18-13(20)8-3-1-4-8/h2,5-6,8,11H,1,3-4,7H2,(H,18,20)(H,19,21)(H,22,23)/t11-/m0/s1. The minimum Gasteiger partial charge on any atom is -0.480 e. The predicted octanol–water partition coefficient (Wildman–Crippen LogP) is 2.09. The minimum atomic E-state index is -1.26. The van der Waals surface area contributed by atoms with Crippen molar-refractivity contribution in [2.75, 3.05) is 6.54 Å². The van der Waals surface area contributed by atoms with Gasteiger partial charge in [0.15, 0.2) is 0 Å². The van der Waals surface area contributed by atoms with Gasteiger partial charge in [0.1, 0.15) is 6.04 Å². The van der Waals surface area contributed by atoms with Crippen LogP contribution in [0.4, 0.5) is 0 Å². The first-order valence-electron chi connectivity index (χ1n) is 7.15. The van der Waals surface area contributed by atoms with E-state index < -0.39 is 17.9 Å². The Morgan fingerprint density at radius 2 is 1.83 bits per heavy atom. The summed E-state index contributed by atoms with van der Waals surface area (Å²) in [5, 5.41) is 14.3. The molecule has 0 heterocycles. The molecule has 124 valence electrons. The number of nitrogens with one attached hydrogen (secondary N) is 2. The van der Waals surface area contributed by atoms with Gasteiger partial charge in [-0.2, -0.15) is 0 Å². The molecule has 0 bridgehead atoms. The molecule has 2 rings (SSSR count). The fourth-order valence-electron chi connectivity index (χ4n) is 2.16. The third kappa shape index (κ3) is 4.36. The smallest absolute Gasteiger partial charge is 0.328 e. The van der Waals surface area contributed by atoms with E-state index >= 15 is 0 Å². The largest absolute Gasteiger partial charge is 0.480 e. The average molecular weight is 359 g/mol. The Morgan fingerprint density at radius 1 is 1.22 bits per heavy atom. The van der Waals surface area contributed by atoms with Crippen molar-refractivity contribution in [1.29, 1.82) is 0 Å². The summed E-state index contributed by atoms with van der Waals surface area (Å²) in [5.74, 6) is -2.20. The molecule has 0 unspecified atom stereocenters. The Kier molecular flexibility index (Phi) is 5.85. The zero-order chi connectivity index (χ0) is 17.0. The molecule has 8 heteroatoms. The topological polar surface area (TPSA) is 95.5 Å². The number of carbonyl (C=O) groups excluding carboxylic acids is 2. The first-order chi connectivity index (χ1) is 10.9. The molecule has 0 aliphatic heterocycles. The normalized spacial score (nSPS) is 15.4. The van der Waals surface area contributed by atoms with Gasteiger partial charge in [0.05, 0.1) is 15.6 Å². The van der Waals surface area contributed by atoms with Crippen molar-refractivity contribution < 1.29 is 19.5 Å². The number of benzene rings is 1. The number of hydrogen-bond acceptors (Lipinski definition) is 3. The lowest BCUT2D eigenvalue weighted by molar-refractivity contribution is -0.139. The molecule has 0 saturated heterocycles. The Morgan fingerprint density at radius 3 is 2.30 bits per heavy atom.